The molecule has 2 nitrogen and oxygen atoms in total. The number of carbonyl (C=O) groups excluding carboxylic acids is 1. The first-order chi connectivity index (χ1) is 14.6. The molecule has 4 saturated carbocycles. The monoisotopic (exact) mass is 428 g/mol. The Morgan fingerprint density at radius 3 is 2.35 bits per heavy atom. The van der Waals surface area contributed by atoms with Gasteiger partial charge in [0.05, 0.1) is 6.26 Å². The van der Waals surface area contributed by atoms with Crippen molar-refractivity contribution in [1.29, 1.82) is 0 Å². The van der Waals surface area contributed by atoms with Gasteiger partial charge in [-0.15, -0.1) is 0 Å². The van der Waals surface area contributed by atoms with Crippen molar-refractivity contribution in [2.45, 2.75) is 112 Å². The Morgan fingerprint density at radius 1 is 0.968 bits per heavy atom. The van der Waals surface area contributed by atoms with Crippen LogP contribution in [0, 0.1) is 51.8 Å². The first-order valence-corrected chi connectivity index (χ1v) is 13.4. The lowest BCUT2D eigenvalue weighted by Gasteiger charge is -2.64. The topological polar surface area (TPSA) is 37.3 Å². The number of fused-ring (bicyclic) bond motifs is 5. The maximum absolute atomic E-state index is 12.5. The van der Waals surface area contributed by atoms with Crippen LogP contribution in [-0.4, -0.2) is 10.9 Å². The highest BCUT2D eigenvalue weighted by molar-refractivity contribution is 5.96. The van der Waals surface area contributed by atoms with Crippen LogP contribution in [0.3, 0.4) is 0 Å². The molecule has 4 fully saturated rings. The van der Waals surface area contributed by atoms with E-state index in [0.29, 0.717) is 34.7 Å². The number of aliphatic hydroxyl groups excluding tert-OH is 1. The van der Waals surface area contributed by atoms with Crippen molar-refractivity contribution in [1.82, 2.24) is 0 Å². The second-order valence-corrected chi connectivity index (χ2v) is 13.3. The molecule has 0 aliphatic heterocycles. The summed E-state index contributed by atoms with van der Waals surface area (Å²) in [5, 5.41) is 9.72. The largest absolute Gasteiger partial charge is 0.515 e. The van der Waals surface area contributed by atoms with Gasteiger partial charge in [-0.3, -0.25) is 4.79 Å². The van der Waals surface area contributed by atoms with Crippen molar-refractivity contribution in [3.8, 4) is 0 Å². The summed E-state index contributed by atoms with van der Waals surface area (Å²) in [7, 11) is 0. The van der Waals surface area contributed by atoms with E-state index in [1.807, 2.05) is 0 Å². The van der Waals surface area contributed by atoms with Crippen LogP contribution in [0.1, 0.15) is 112 Å². The van der Waals surface area contributed by atoms with Crippen molar-refractivity contribution < 1.29 is 9.90 Å². The zero-order chi connectivity index (χ0) is 22.6. The summed E-state index contributed by atoms with van der Waals surface area (Å²) < 4.78 is 0. The highest BCUT2D eigenvalue weighted by atomic mass is 16.2. The molecule has 0 spiro atoms. The lowest BCUT2D eigenvalue weighted by molar-refractivity contribution is -0.157. The standard InChI is InChI=1S/C29H48O2/c1-19(2)8-7-9-20(3)23-12-14-29(6)25-11-10-22-16-26(31)21(18-30)17-27(22,4)24(25)13-15-28(23,29)5/h18-20,22-25,30H,7-17H2,1-6H3/b21-18+/t20-,22?,23-,24+,25-,27+,28-,29+/m1/s1. The second kappa shape index (κ2) is 8.21. The molecule has 176 valence electrons. The van der Waals surface area contributed by atoms with Gasteiger partial charge in [-0.25, -0.2) is 0 Å². The third kappa shape index (κ3) is 3.54. The SMILES string of the molecule is CC(C)CCC[C@@H](C)[C@H]1CC[C@@]2(C)[C@@H]3CCC4CC(=O)/C(=C/O)C[C@]4(C)[C@H]3CC[C@]12C. The van der Waals surface area contributed by atoms with E-state index in [1.54, 1.807) is 0 Å². The maximum atomic E-state index is 12.5. The molecule has 8 atom stereocenters. The van der Waals surface area contributed by atoms with Gasteiger partial charge in [-0.05, 0) is 96.7 Å². The molecule has 0 radical (unpaired) electrons. The van der Waals surface area contributed by atoms with E-state index in [2.05, 4.69) is 41.5 Å². The minimum atomic E-state index is 0.191. The summed E-state index contributed by atoms with van der Waals surface area (Å²) in [5.74, 6) is 4.75. The van der Waals surface area contributed by atoms with Gasteiger partial charge in [0.2, 0.25) is 0 Å². The van der Waals surface area contributed by atoms with Crippen LogP contribution in [0.15, 0.2) is 11.8 Å². The normalized spacial score (nSPS) is 47.2. The van der Waals surface area contributed by atoms with Crippen molar-refractivity contribution in [2.75, 3.05) is 0 Å². The van der Waals surface area contributed by atoms with Gasteiger partial charge in [0.25, 0.3) is 0 Å². The smallest absolute Gasteiger partial charge is 0.162 e. The number of hydrogen-bond acceptors (Lipinski definition) is 2. The minimum Gasteiger partial charge on any atom is -0.515 e. The molecule has 0 bridgehead atoms. The summed E-state index contributed by atoms with van der Waals surface area (Å²) in [4.78, 5) is 12.5. The molecular formula is C29H48O2. The summed E-state index contributed by atoms with van der Waals surface area (Å²) in [5.41, 5.74) is 1.79. The molecule has 0 saturated heterocycles. The number of allylic oxidation sites excluding steroid dienone is 1. The van der Waals surface area contributed by atoms with Crippen LogP contribution in [0.2, 0.25) is 0 Å². The molecule has 4 rings (SSSR count). The summed E-state index contributed by atoms with van der Waals surface area (Å²) >= 11 is 0. The van der Waals surface area contributed by atoms with Crippen LogP contribution >= 0.6 is 0 Å². The average Bonchev–Trinajstić information content (AvgIpc) is 2.99. The van der Waals surface area contributed by atoms with E-state index < -0.39 is 0 Å². The summed E-state index contributed by atoms with van der Waals surface area (Å²) in [6.07, 6.45) is 14.8. The number of carbonyl (C=O) groups is 1. The molecular weight excluding hydrogens is 380 g/mol. The Morgan fingerprint density at radius 2 is 1.68 bits per heavy atom. The van der Waals surface area contributed by atoms with Crippen LogP contribution in [0.4, 0.5) is 0 Å². The zero-order valence-corrected chi connectivity index (χ0v) is 21.2. The summed E-state index contributed by atoms with van der Waals surface area (Å²) in [6, 6.07) is 0. The number of rotatable bonds is 5. The summed E-state index contributed by atoms with van der Waals surface area (Å²) in [6.45, 7) is 15.1. The van der Waals surface area contributed by atoms with E-state index in [0.717, 1.165) is 36.4 Å². The molecule has 0 aromatic rings. The highest BCUT2D eigenvalue weighted by Crippen LogP contribution is 2.73. The number of Topliss-reactive ketones (excluding diaryl/α,β-unsaturated/α-hetero) is 1. The predicted molar refractivity (Wildman–Crippen MR) is 129 cm³/mol. The lowest BCUT2D eigenvalue weighted by atomic mass is 9.40. The van der Waals surface area contributed by atoms with E-state index in [9.17, 15) is 9.90 Å². The molecule has 0 amide bonds. The van der Waals surface area contributed by atoms with Gasteiger partial charge in [0.15, 0.2) is 5.78 Å². The fourth-order valence-corrected chi connectivity index (χ4v) is 9.54. The lowest BCUT2D eigenvalue weighted by Crippen LogP contribution is -2.58. The Hall–Kier alpha value is -0.790. The van der Waals surface area contributed by atoms with Crippen LogP contribution in [0.5, 0.6) is 0 Å². The van der Waals surface area contributed by atoms with Crippen molar-refractivity contribution in [2.24, 2.45) is 51.8 Å². The Bertz CT molecular complexity index is 722. The van der Waals surface area contributed by atoms with E-state index in [1.165, 1.54) is 57.8 Å². The number of ketones is 1. The minimum absolute atomic E-state index is 0.191. The van der Waals surface area contributed by atoms with Gasteiger partial charge in [-0.1, -0.05) is 60.8 Å². The first kappa shape index (κ1) is 23.4. The van der Waals surface area contributed by atoms with E-state index in [-0.39, 0.29) is 11.2 Å². The van der Waals surface area contributed by atoms with Crippen LogP contribution in [0.25, 0.3) is 0 Å². The van der Waals surface area contributed by atoms with Crippen LogP contribution < -0.4 is 0 Å². The van der Waals surface area contributed by atoms with E-state index in [4.69, 9.17) is 0 Å². The van der Waals surface area contributed by atoms with Gasteiger partial charge < -0.3 is 5.11 Å². The van der Waals surface area contributed by atoms with Crippen molar-refractivity contribution in [3.63, 3.8) is 0 Å². The van der Waals surface area contributed by atoms with Crippen molar-refractivity contribution >= 4 is 5.78 Å². The first-order valence-electron chi connectivity index (χ1n) is 13.4. The molecule has 0 heterocycles. The van der Waals surface area contributed by atoms with Crippen LogP contribution in [-0.2, 0) is 4.79 Å². The number of aliphatic hydroxyl groups is 1. The fraction of sp³-hybridized carbons (Fsp3) is 0.897. The van der Waals surface area contributed by atoms with Gasteiger partial charge in [0.1, 0.15) is 0 Å². The van der Waals surface area contributed by atoms with Gasteiger partial charge in [-0.2, -0.15) is 0 Å². The maximum Gasteiger partial charge on any atom is 0.162 e. The average molecular weight is 429 g/mol. The van der Waals surface area contributed by atoms with Crippen molar-refractivity contribution in [3.05, 3.63) is 11.8 Å². The molecule has 4 aliphatic rings. The molecule has 1 unspecified atom stereocenters. The van der Waals surface area contributed by atoms with Gasteiger partial charge >= 0.3 is 0 Å². The fourth-order valence-electron chi connectivity index (χ4n) is 9.54. The molecule has 4 aliphatic carbocycles. The van der Waals surface area contributed by atoms with E-state index >= 15 is 0 Å². The third-order valence-electron chi connectivity index (χ3n) is 11.6. The van der Waals surface area contributed by atoms with Gasteiger partial charge in [0, 0.05) is 12.0 Å². The Kier molecular flexibility index (Phi) is 6.19. The molecule has 31 heavy (non-hydrogen) atoms. The number of hydrogen-bond donors (Lipinski definition) is 1. The predicted octanol–water partition coefficient (Wildman–Crippen LogP) is 8.12. The highest BCUT2D eigenvalue weighted by Gasteiger charge is 2.66. The molecule has 1 N–H and O–H groups in total. The third-order valence-corrected chi connectivity index (χ3v) is 11.6. The molecule has 0 aromatic carbocycles. The molecule has 2 heteroatoms. The second-order valence-electron chi connectivity index (χ2n) is 13.3. The Labute approximate surface area is 191 Å². The zero-order valence-electron chi connectivity index (χ0n) is 21.2. The quantitative estimate of drug-likeness (QED) is 0.354. The molecule has 0 aromatic heterocycles. The Balaban J connectivity index is 1.56.